The van der Waals surface area contributed by atoms with Crippen LogP contribution in [0.5, 0.6) is 0 Å². The van der Waals surface area contributed by atoms with E-state index in [0.717, 1.165) is 28.7 Å². The van der Waals surface area contributed by atoms with Crippen molar-refractivity contribution in [2.45, 2.75) is 182 Å². The summed E-state index contributed by atoms with van der Waals surface area (Å²) >= 11 is 6.25. The Hall–Kier alpha value is -6.10. The number of unbranched alkanes of at least 4 members (excludes halogenated alkanes) is 1. The lowest BCUT2D eigenvalue weighted by Gasteiger charge is -2.40. The zero-order valence-corrected chi connectivity index (χ0v) is 53.2. The molecule has 3 aromatic rings. The first-order chi connectivity index (χ1) is 38.6. The van der Waals surface area contributed by atoms with Gasteiger partial charge < -0.3 is 39.6 Å². The van der Waals surface area contributed by atoms with Gasteiger partial charge >= 0.3 is 12.1 Å². The summed E-state index contributed by atoms with van der Waals surface area (Å²) in [6.45, 7) is 25.9. The van der Waals surface area contributed by atoms with Gasteiger partial charge in [-0.2, -0.15) is 0 Å². The van der Waals surface area contributed by atoms with Crippen LogP contribution in [0.3, 0.4) is 0 Å². The summed E-state index contributed by atoms with van der Waals surface area (Å²) in [5.74, 6) is -3.45. The molecule has 0 spiro atoms. The Kier molecular flexibility index (Phi) is 26.8. The number of likely N-dealkylation sites (N-methyl/N-ethyl adjacent to an activating group) is 2. The number of fused-ring (bicyclic) bond motifs is 3. The molecular formula is C65H94ClN5O10Si. The van der Waals surface area contributed by atoms with E-state index in [9.17, 15) is 28.8 Å². The number of hydrogen-bond donors (Lipinski definition) is 3. The minimum Gasteiger partial charge on any atom is -0.449 e. The maximum Gasteiger partial charge on any atom is 0.407 e. The van der Waals surface area contributed by atoms with E-state index in [1.807, 2.05) is 83.2 Å². The largest absolute Gasteiger partial charge is 0.449 e. The number of nitrogens with zero attached hydrogens (tertiary/aromatic N) is 2. The second kappa shape index (κ2) is 32.1. The fourth-order valence-electron chi connectivity index (χ4n) is 9.84. The van der Waals surface area contributed by atoms with Crippen molar-refractivity contribution in [2.24, 2.45) is 17.8 Å². The van der Waals surface area contributed by atoms with Crippen LogP contribution in [0.25, 0.3) is 11.1 Å². The number of halogens is 1. The van der Waals surface area contributed by atoms with Crippen molar-refractivity contribution >= 4 is 61.4 Å². The number of nitrogens with one attached hydrogen (secondary N) is 3. The molecule has 2 unspecified atom stereocenters. The molecule has 0 fully saturated rings. The Morgan fingerprint density at radius 3 is 1.98 bits per heavy atom. The van der Waals surface area contributed by atoms with Crippen molar-refractivity contribution in [1.82, 2.24) is 25.8 Å². The number of carbonyl (C=O) groups excluding carboxylic acids is 7. The maximum atomic E-state index is 15.0. The van der Waals surface area contributed by atoms with E-state index in [-0.39, 0.29) is 73.0 Å². The number of benzene rings is 3. The molecular weight excluding hydrogens is 1070 g/mol. The van der Waals surface area contributed by atoms with Gasteiger partial charge in [0.15, 0.2) is 20.2 Å². The van der Waals surface area contributed by atoms with E-state index >= 15 is 4.79 Å². The standard InChI is InChI=1S/C65H94ClN5O10Si/c1-16-25-56(81-82(14,15)65(9,10)11)44(6)26-24-27-45(7)63(77)80-57(38-42(3)4)60(74)68-54(32-22-23-37-67-64(78)79-41-53-51-30-20-18-28-49(51)50-29-19-21-31-52(50)53)61(75)71(13)55(39-47-33-35-48(66)36-34-47)62(76)70(12)40-58(73)69-59(46(8)72)43(5)17-2/h16,18-21,25,27-31,33-36,42-44,53-57,59H,17,22-24,26,32,37-41H2,1-15H3,(H,67,78)(H,68,74)(H,69,73)/b25-16+,45-27+/t43?,44-,54?,55+,56+,57+,59-/m0/s1. The molecule has 3 N–H and O–H groups in total. The van der Waals surface area contributed by atoms with Crippen molar-refractivity contribution < 1.29 is 47.5 Å². The van der Waals surface area contributed by atoms with Crippen LogP contribution in [-0.4, -0.2) is 124 Å². The van der Waals surface area contributed by atoms with E-state index in [0.29, 0.717) is 41.8 Å². The quantitative estimate of drug-likeness (QED) is 0.0184. The molecule has 82 heavy (non-hydrogen) atoms. The lowest BCUT2D eigenvalue weighted by atomic mass is 9.96. The van der Waals surface area contributed by atoms with E-state index in [4.69, 9.17) is 25.5 Å². The van der Waals surface area contributed by atoms with Gasteiger partial charge in [0.2, 0.25) is 17.7 Å². The number of rotatable bonds is 31. The third kappa shape index (κ3) is 20.1. The summed E-state index contributed by atoms with van der Waals surface area (Å²) in [5.41, 5.74) is 5.43. The zero-order valence-electron chi connectivity index (χ0n) is 51.5. The van der Waals surface area contributed by atoms with Gasteiger partial charge in [-0.05, 0) is 135 Å². The number of allylic oxidation sites excluding steroid dienone is 2. The molecule has 7 atom stereocenters. The first-order valence-electron chi connectivity index (χ1n) is 29.2. The number of amides is 5. The molecule has 1 aliphatic rings. The second-order valence-electron chi connectivity index (χ2n) is 24.2. The van der Waals surface area contributed by atoms with Crippen LogP contribution in [0.15, 0.2) is 96.6 Å². The number of esters is 1. The smallest absolute Gasteiger partial charge is 0.407 e. The molecule has 4 rings (SSSR count). The number of ether oxygens (including phenoxy) is 2. The van der Waals surface area contributed by atoms with E-state index in [1.165, 1.54) is 30.8 Å². The summed E-state index contributed by atoms with van der Waals surface area (Å²) < 4.78 is 18.5. The second-order valence-corrected chi connectivity index (χ2v) is 29.4. The van der Waals surface area contributed by atoms with Gasteiger partial charge in [-0.15, -0.1) is 0 Å². The lowest BCUT2D eigenvalue weighted by Crippen LogP contribution is -2.57. The van der Waals surface area contributed by atoms with Gasteiger partial charge in [0, 0.05) is 43.6 Å². The van der Waals surface area contributed by atoms with Crippen molar-refractivity contribution in [1.29, 1.82) is 0 Å². The minimum atomic E-state index is -2.07. The summed E-state index contributed by atoms with van der Waals surface area (Å²) in [6.07, 6.45) is 6.94. The maximum absolute atomic E-state index is 15.0. The van der Waals surface area contributed by atoms with Crippen LogP contribution in [0.4, 0.5) is 4.79 Å². The average molecular weight is 1170 g/mol. The van der Waals surface area contributed by atoms with Gasteiger partial charge in [-0.1, -0.05) is 152 Å². The highest BCUT2D eigenvalue weighted by atomic mass is 35.5. The molecule has 17 heteroatoms. The Labute approximate surface area is 495 Å². The van der Waals surface area contributed by atoms with Gasteiger partial charge in [0.05, 0.1) is 18.7 Å². The molecule has 0 bridgehead atoms. The molecule has 0 heterocycles. The normalized spacial score (nSPS) is 15.3. The molecule has 0 saturated heterocycles. The predicted molar refractivity (Wildman–Crippen MR) is 329 cm³/mol. The van der Waals surface area contributed by atoms with E-state index in [1.54, 1.807) is 31.2 Å². The molecule has 0 radical (unpaired) electrons. The highest BCUT2D eigenvalue weighted by Gasteiger charge is 2.40. The van der Waals surface area contributed by atoms with Crippen LogP contribution in [-0.2, 0) is 49.1 Å². The zero-order chi connectivity index (χ0) is 61.1. The number of carbonyl (C=O) groups is 7. The van der Waals surface area contributed by atoms with Crippen molar-refractivity contribution in [3.63, 3.8) is 0 Å². The molecule has 0 saturated carbocycles. The topological polar surface area (TPSA) is 190 Å². The third-order valence-corrected chi connectivity index (χ3v) is 20.8. The van der Waals surface area contributed by atoms with Crippen molar-refractivity contribution in [2.75, 3.05) is 33.8 Å². The highest BCUT2D eigenvalue weighted by molar-refractivity contribution is 6.74. The summed E-state index contributed by atoms with van der Waals surface area (Å²) in [7, 11) is 0.859. The molecule has 1 aliphatic carbocycles. The molecule has 3 aromatic carbocycles. The Morgan fingerprint density at radius 2 is 1.41 bits per heavy atom. The number of Topliss-reactive ketones (excluding diaryl/α,β-unsaturated/α-hetero) is 1. The highest BCUT2D eigenvalue weighted by Crippen LogP contribution is 2.44. The van der Waals surface area contributed by atoms with Crippen LogP contribution in [0.1, 0.15) is 144 Å². The van der Waals surface area contributed by atoms with Crippen LogP contribution < -0.4 is 16.0 Å². The van der Waals surface area contributed by atoms with E-state index < -0.39 is 74.8 Å². The lowest BCUT2D eigenvalue weighted by molar-refractivity contribution is -0.154. The first kappa shape index (κ1) is 68.4. The minimum absolute atomic E-state index is 0.0233. The fourth-order valence-corrected chi connectivity index (χ4v) is 11.3. The average Bonchev–Trinajstić information content (AvgIpc) is 3.77. The molecule has 450 valence electrons. The van der Waals surface area contributed by atoms with Gasteiger partial charge in [-0.25, -0.2) is 9.59 Å². The number of hydrogen-bond acceptors (Lipinski definition) is 10. The summed E-state index contributed by atoms with van der Waals surface area (Å²) in [5, 5.41) is 9.03. The van der Waals surface area contributed by atoms with Gasteiger partial charge in [0.25, 0.3) is 5.91 Å². The van der Waals surface area contributed by atoms with Crippen molar-refractivity contribution in [3.05, 3.63) is 118 Å². The van der Waals surface area contributed by atoms with Crippen LogP contribution >= 0.6 is 11.6 Å². The summed E-state index contributed by atoms with van der Waals surface area (Å²) in [4.78, 5) is 99.6. The Morgan fingerprint density at radius 1 is 0.805 bits per heavy atom. The van der Waals surface area contributed by atoms with Crippen molar-refractivity contribution in [3.8, 4) is 11.1 Å². The van der Waals surface area contributed by atoms with E-state index in [2.05, 4.69) is 74.9 Å². The molecule has 0 aromatic heterocycles. The van der Waals surface area contributed by atoms with Crippen LogP contribution in [0.2, 0.25) is 23.2 Å². The molecule has 15 nitrogen and oxygen atoms in total. The monoisotopic (exact) mass is 1170 g/mol. The van der Waals surface area contributed by atoms with Gasteiger partial charge in [-0.3, -0.25) is 24.0 Å². The predicted octanol–water partition coefficient (Wildman–Crippen LogP) is 11.8. The summed E-state index contributed by atoms with van der Waals surface area (Å²) in [6, 6.07) is 19.9. The number of ketones is 1. The Balaban J connectivity index is 1.56. The van der Waals surface area contributed by atoms with Crippen LogP contribution in [0, 0.1) is 17.8 Å². The fraction of sp³-hybridized carbons (Fsp3) is 0.554. The molecule has 5 amide bonds. The number of alkyl carbamates (subject to hydrolysis) is 1. The third-order valence-electron chi connectivity index (χ3n) is 16.1. The molecule has 0 aliphatic heterocycles. The first-order valence-corrected chi connectivity index (χ1v) is 32.5. The SMILES string of the molecule is C/C=C/[C@@H](O[Si](C)(C)C(C)(C)C)[C@@H](C)CC/C=C(\C)C(=O)O[C@H](CC(C)C)C(=O)NC(CCCCNC(=O)OCC1c2ccccc2-c2ccccc21)C(=O)N(C)[C@H](Cc1ccc(Cl)cc1)C(=O)N(C)CC(=O)N[C@H](C(C)=O)C(C)CC. The Bertz CT molecular complexity index is 2660. The van der Waals surface area contributed by atoms with Gasteiger partial charge in [0.1, 0.15) is 18.7 Å².